The van der Waals surface area contributed by atoms with Crippen LogP contribution in [0.25, 0.3) is 10.9 Å². The van der Waals surface area contributed by atoms with Gasteiger partial charge in [-0.05, 0) is 37.1 Å². The zero-order valence-corrected chi connectivity index (χ0v) is 18.0. The number of aryl methyl sites for hydroxylation is 1. The monoisotopic (exact) mass is 437 g/mol. The van der Waals surface area contributed by atoms with E-state index in [1.165, 1.54) is 0 Å². The lowest BCUT2D eigenvalue weighted by atomic mass is 10.0. The summed E-state index contributed by atoms with van der Waals surface area (Å²) in [6, 6.07) is 23.5. The van der Waals surface area contributed by atoms with Crippen LogP contribution in [0.5, 0.6) is 0 Å². The Morgan fingerprint density at radius 1 is 0.909 bits per heavy atom. The number of hydrogen-bond acceptors (Lipinski definition) is 4. The minimum absolute atomic E-state index is 0.0365. The van der Waals surface area contributed by atoms with Gasteiger partial charge in [0.1, 0.15) is 5.82 Å². The first-order valence-electron chi connectivity index (χ1n) is 11.1. The number of para-hydroxylation sites is 1. The highest BCUT2D eigenvalue weighted by Gasteiger charge is 2.28. The molecule has 0 unspecified atom stereocenters. The van der Waals surface area contributed by atoms with Gasteiger partial charge in [-0.15, -0.1) is 0 Å². The van der Waals surface area contributed by atoms with Crippen molar-refractivity contribution in [2.75, 3.05) is 5.32 Å². The maximum atomic E-state index is 13.0. The third-order valence-corrected chi connectivity index (χ3v) is 5.81. The van der Waals surface area contributed by atoms with E-state index in [2.05, 4.69) is 10.3 Å². The Bertz CT molecular complexity index is 1410. The van der Waals surface area contributed by atoms with Crippen LogP contribution in [-0.2, 0) is 11.2 Å². The number of carbonyl (C=O) groups excluding carboxylic acids is 2. The highest BCUT2D eigenvalue weighted by molar-refractivity contribution is 6.09. The van der Waals surface area contributed by atoms with E-state index < -0.39 is 0 Å². The highest BCUT2D eigenvalue weighted by atomic mass is 16.2. The van der Waals surface area contributed by atoms with Gasteiger partial charge in [0.2, 0.25) is 5.91 Å². The molecule has 164 valence electrons. The van der Waals surface area contributed by atoms with Gasteiger partial charge in [0.05, 0.1) is 10.9 Å². The van der Waals surface area contributed by atoms with E-state index in [9.17, 15) is 14.4 Å². The Hall–Kier alpha value is -4.06. The van der Waals surface area contributed by atoms with Gasteiger partial charge in [-0.3, -0.25) is 19.0 Å². The van der Waals surface area contributed by atoms with Crippen molar-refractivity contribution in [3.05, 3.63) is 106 Å². The molecule has 1 heterocycles. The molecule has 5 rings (SSSR count). The number of fused-ring (bicyclic) bond motifs is 1. The number of benzene rings is 3. The van der Waals surface area contributed by atoms with E-state index in [1.807, 2.05) is 36.4 Å². The molecule has 1 fully saturated rings. The van der Waals surface area contributed by atoms with Gasteiger partial charge in [0.15, 0.2) is 5.78 Å². The first kappa shape index (κ1) is 20.8. The molecular formula is C27H23N3O3. The molecule has 0 saturated heterocycles. The largest absolute Gasteiger partial charge is 0.326 e. The number of ketones is 1. The summed E-state index contributed by atoms with van der Waals surface area (Å²) >= 11 is 0. The van der Waals surface area contributed by atoms with Crippen molar-refractivity contribution < 1.29 is 9.59 Å². The van der Waals surface area contributed by atoms with Crippen molar-refractivity contribution in [2.45, 2.75) is 31.7 Å². The fourth-order valence-corrected chi connectivity index (χ4v) is 4.02. The predicted octanol–water partition coefficient (Wildman–Crippen LogP) is 4.53. The average Bonchev–Trinajstić information content (AvgIpc) is 3.68. The van der Waals surface area contributed by atoms with Gasteiger partial charge < -0.3 is 5.32 Å². The van der Waals surface area contributed by atoms with Crippen molar-refractivity contribution in [3.63, 3.8) is 0 Å². The van der Waals surface area contributed by atoms with Crippen LogP contribution in [0.1, 0.15) is 47.1 Å². The second kappa shape index (κ2) is 8.82. The predicted molar refractivity (Wildman–Crippen MR) is 128 cm³/mol. The fourth-order valence-electron chi connectivity index (χ4n) is 4.02. The summed E-state index contributed by atoms with van der Waals surface area (Å²) < 4.78 is 1.76. The molecule has 0 aliphatic heterocycles. The summed E-state index contributed by atoms with van der Waals surface area (Å²) in [5, 5.41) is 3.48. The second-order valence-electron chi connectivity index (χ2n) is 8.28. The maximum Gasteiger partial charge on any atom is 0.261 e. The molecule has 6 heteroatoms. The average molecular weight is 437 g/mol. The van der Waals surface area contributed by atoms with Crippen LogP contribution in [-0.4, -0.2) is 21.2 Å². The lowest BCUT2D eigenvalue weighted by molar-refractivity contribution is -0.116. The van der Waals surface area contributed by atoms with Crippen LogP contribution in [0.3, 0.4) is 0 Å². The van der Waals surface area contributed by atoms with E-state index in [-0.39, 0.29) is 29.7 Å². The molecule has 1 aromatic heterocycles. The van der Waals surface area contributed by atoms with E-state index >= 15 is 0 Å². The molecule has 0 radical (unpaired) electrons. The van der Waals surface area contributed by atoms with Crippen molar-refractivity contribution in [1.29, 1.82) is 0 Å². The summed E-state index contributed by atoms with van der Waals surface area (Å²) in [5.74, 6) is 0.355. The standard InChI is InChI=1S/C27H23N3O3/c31-25(28-20-10-6-9-19(17-20)26(32)18-7-2-1-3-8-18)16-15-24-29-23-12-5-4-11-22(23)27(33)30(24)21-13-14-21/h1-12,17,21H,13-16H2,(H,28,31). The second-order valence-corrected chi connectivity index (χ2v) is 8.28. The number of anilines is 1. The van der Waals surface area contributed by atoms with Crippen LogP contribution in [0.15, 0.2) is 83.7 Å². The van der Waals surface area contributed by atoms with Crippen molar-refractivity contribution in [1.82, 2.24) is 9.55 Å². The molecule has 1 aliphatic rings. The lowest BCUT2D eigenvalue weighted by Gasteiger charge is -2.13. The quantitative estimate of drug-likeness (QED) is 0.431. The van der Waals surface area contributed by atoms with Gasteiger partial charge in [-0.1, -0.05) is 54.6 Å². The minimum atomic E-state index is -0.191. The van der Waals surface area contributed by atoms with Crippen molar-refractivity contribution in [2.24, 2.45) is 0 Å². The molecular weight excluding hydrogens is 414 g/mol. The van der Waals surface area contributed by atoms with Gasteiger partial charge in [0, 0.05) is 35.7 Å². The van der Waals surface area contributed by atoms with E-state index in [4.69, 9.17) is 0 Å². The molecule has 1 amide bonds. The van der Waals surface area contributed by atoms with E-state index in [1.54, 1.807) is 47.0 Å². The number of nitrogens with one attached hydrogen (secondary N) is 1. The van der Waals surface area contributed by atoms with Crippen LogP contribution in [0, 0.1) is 0 Å². The van der Waals surface area contributed by atoms with Crippen LogP contribution < -0.4 is 10.9 Å². The lowest BCUT2D eigenvalue weighted by Crippen LogP contribution is -2.25. The Morgan fingerprint density at radius 2 is 1.64 bits per heavy atom. The SMILES string of the molecule is O=C(CCc1nc2ccccc2c(=O)n1C1CC1)Nc1cccc(C(=O)c2ccccc2)c1. The van der Waals surface area contributed by atoms with Gasteiger partial charge in [-0.25, -0.2) is 4.98 Å². The first-order valence-corrected chi connectivity index (χ1v) is 11.1. The molecule has 0 spiro atoms. The Labute approximate surface area is 190 Å². The number of nitrogens with zero attached hydrogens (tertiary/aromatic N) is 2. The zero-order chi connectivity index (χ0) is 22.8. The normalized spacial score (nSPS) is 13.1. The minimum Gasteiger partial charge on any atom is -0.326 e. The van der Waals surface area contributed by atoms with Crippen molar-refractivity contribution >= 4 is 28.3 Å². The molecule has 1 N–H and O–H groups in total. The van der Waals surface area contributed by atoms with Crippen LogP contribution in [0.4, 0.5) is 5.69 Å². The summed E-state index contributed by atoms with van der Waals surface area (Å²) in [6.45, 7) is 0. The molecule has 33 heavy (non-hydrogen) atoms. The zero-order valence-electron chi connectivity index (χ0n) is 18.0. The fraction of sp³-hybridized carbons (Fsp3) is 0.185. The molecule has 1 saturated carbocycles. The van der Waals surface area contributed by atoms with E-state index in [0.717, 1.165) is 12.8 Å². The number of aromatic nitrogens is 2. The molecule has 0 bridgehead atoms. The molecule has 4 aromatic rings. The topological polar surface area (TPSA) is 81.1 Å². The highest BCUT2D eigenvalue weighted by Crippen LogP contribution is 2.35. The summed E-state index contributed by atoms with van der Waals surface area (Å²) in [7, 11) is 0. The van der Waals surface area contributed by atoms with Gasteiger partial charge >= 0.3 is 0 Å². The number of amides is 1. The van der Waals surface area contributed by atoms with Crippen molar-refractivity contribution in [3.8, 4) is 0 Å². The Balaban J connectivity index is 1.31. The summed E-state index contributed by atoms with van der Waals surface area (Å²) in [4.78, 5) is 43.0. The maximum absolute atomic E-state index is 13.0. The first-order chi connectivity index (χ1) is 16.1. The number of carbonyl (C=O) groups is 2. The molecule has 6 nitrogen and oxygen atoms in total. The summed E-state index contributed by atoms with van der Waals surface area (Å²) in [6.07, 6.45) is 2.47. The smallest absolute Gasteiger partial charge is 0.261 e. The number of rotatable bonds is 7. The Kier molecular flexibility index (Phi) is 5.57. The Morgan fingerprint density at radius 3 is 2.42 bits per heavy atom. The van der Waals surface area contributed by atoms with E-state index in [0.29, 0.717) is 40.0 Å². The molecule has 0 atom stereocenters. The number of hydrogen-bond donors (Lipinski definition) is 1. The van der Waals surface area contributed by atoms with Gasteiger partial charge in [-0.2, -0.15) is 0 Å². The van der Waals surface area contributed by atoms with Crippen LogP contribution >= 0.6 is 0 Å². The third-order valence-electron chi connectivity index (χ3n) is 5.81. The molecule has 1 aliphatic carbocycles. The summed E-state index contributed by atoms with van der Waals surface area (Å²) in [5.41, 5.74) is 2.29. The van der Waals surface area contributed by atoms with Gasteiger partial charge in [0.25, 0.3) is 5.56 Å². The third kappa shape index (κ3) is 4.46. The van der Waals surface area contributed by atoms with Crippen LogP contribution in [0.2, 0.25) is 0 Å². The molecule has 3 aromatic carbocycles.